The van der Waals surface area contributed by atoms with E-state index < -0.39 is 6.37 Å². The Labute approximate surface area is 41.8 Å². The Morgan fingerprint density at radius 2 is 3.17 bits per heavy atom. The van der Waals surface area contributed by atoms with Crippen LogP contribution in [0, 0.1) is 0 Å². The van der Waals surface area contributed by atoms with Crippen molar-refractivity contribution in [3.05, 3.63) is 0 Å². The van der Waals surface area contributed by atoms with Gasteiger partial charge >= 0.3 is 1.43 Å². The summed E-state index contributed by atoms with van der Waals surface area (Å²) in [6.07, 6.45) is -0.138. The van der Waals surface area contributed by atoms with E-state index in [1.165, 1.54) is 0 Å². The maximum atomic E-state index is 7.03. The van der Waals surface area contributed by atoms with Crippen molar-refractivity contribution in [2.45, 2.75) is 19.7 Å². The zero-order chi connectivity index (χ0) is 7.33. The molecule has 0 radical (unpaired) electrons. The van der Waals surface area contributed by atoms with E-state index in [0.29, 0.717) is 6.42 Å². The topological polar surface area (TPSA) is 32.6 Å². The van der Waals surface area contributed by atoms with E-state index in [1.54, 1.807) is 6.92 Å². The van der Waals surface area contributed by atoms with Gasteiger partial charge in [0.25, 0.3) is 0 Å². The van der Waals surface area contributed by atoms with Gasteiger partial charge in [-0.1, -0.05) is 13.3 Å². The fraction of sp³-hybridized carbons (Fsp3) is 0.750. The molecule has 0 unspecified atom stereocenters. The van der Waals surface area contributed by atoms with Crippen molar-refractivity contribution in [1.82, 2.24) is 0 Å². The average molecular weight is 90.1 g/mol. The molecule has 0 bridgehead atoms. The van der Waals surface area contributed by atoms with Crippen molar-refractivity contribution in [3.63, 3.8) is 0 Å². The predicted octanol–water partition coefficient (Wildman–Crippen LogP) is 1.25. The van der Waals surface area contributed by atoms with Crippen LogP contribution >= 0.6 is 0 Å². The van der Waals surface area contributed by atoms with Gasteiger partial charge in [0.05, 0.1) is 0 Å². The lowest BCUT2D eigenvalue weighted by Crippen LogP contribution is -1.68. The predicted molar refractivity (Wildman–Crippen MR) is 25.2 cm³/mol. The van der Waals surface area contributed by atoms with Crippen molar-refractivity contribution < 1.29 is 9.38 Å². The number of hydrogen-bond acceptors (Lipinski definition) is 2. The molecule has 1 N–H and O–H groups in total. The summed E-state index contributed by atoms with van der Waals surface area (Å²) in [7, 11) is 0. The van der Waals surface area contributed by atoms with Gasteiger partial charge in [0.1, 0.15) is 0 Å². The highest BCUT2D eigenvalue weighted by molar-refractivity contribution is 5.55. The Bertz CT molecular complexity index is 104. The Balaban J connectivity index is 3.70. The number of nitrogens with zero attached hydrogens (tertiary/aromatic N) is 1. The first-order valence-electron chi connectivity index (χ1n) is 3.20. The monoisotopic (exact) mass is 90.1 g/mol. The number of oxime groups is 1. The summed E-state index contributed by atoms with van der Waals surface area (Å²) in [5.41, 5.74) is 0. The standard InChI is InChI=1S/C4H9NO/c1-2-3-4-5-6/h4,6H,2-3H2,1H3/b5-4+/i3D2/hD. The molecule has 0 rings (SSSR count). The van der Waals surface area contributed by atoms with Crippen LogP contribution in [0.1, 0.15) is 22.5 Å². The van der Waals surface area contributed by atoms with Gasteiger partial charge in [-0.2, -0.15) is 0 Å². The minimum absolute atomic E-state index is 0.333. The quantitative estimate of drug-likeness (QED) is 0.315. The Hall–Kier alpha value is -0.530. The maximum absolute atomic E-state index is 7.03. The Morgan fingerprint density at radius 3 is 3.67 bits per heavy atom. The molecule has 0 saturated heterocycles. The van der Waals surface area contributed by atoms with Crippen LogP contribution in [0.25, 0.3) is 0 Å². The summed E-state index contributed by atoms with van der Waals surface area (Å²) < 4.78 is 20.2. The molecule has 0 fully saturated rings. The molecule has 2 nitrogen and oxygen atoms in total. The third-order valence-electron chi connectivity index (χ3n) is 0.348. The van der Waals surface area contributed by atoms with Crippen LogP contribution in [0.4, 0.5) is 0 Å². The van der Waals surface area contributed by atoms with Crippen LogP contribution < -0.4 is 0 Å². The summed E-state index contributed by atoms with van der Waals surface area (Å²) in [5.74, 6) is 0. The molecule has 6 heavy (non-hydrogen) atoms. The molecule has 0 saturated carbocycles. The highest BCUT2D eigenvalue weighted by Gasteiger charge is 1.67. The van der Waals surface area contributed by atoms with Gasteiger partial charge in [0, 0.05) is 8.96 Å². The second-order valence-electron chi connectivity index (χ2n) is 0.792. The normalized spacial score (nSPS) is 19.2. The van der Waals surface area contributed by atoms with E-state index in [9.17, 15) is 0 Å². The summed E-state index contributed by atoms with van der Waals surface area (Å²) in [6, 6.07) is 0. The SMILES string of the molecule is [2H]O/N=C/C([2H])([2H])CC. The summed E-state index contributed by atoms with van der Waals surface area (Å²) in [5, 5.41) is 6.54. The van der Waals surface area contributed by atoms with E-state index in [2.05, 4.69) is 10.4 Å². The highest BCUT2D eigenvalue weighted by atomic mass is 16.4. The molecular formula is C4H9NO. The van der Waals surface area contributed by atoms with Crippen LogP contribution in [0.2, 0.25) is 1.43 Å². The maximum Gasteiger partial charge on any atom is 0.330 e. The molecule has 0 aliphatic carbocycles. The minimum Gasteiger partial charge on any atom is -0.411 e. The fourth-order valence-electron chi connectivity index (χ4n) is 0.129. The van der Waals surface area contributed by atoms with Crippen molar-refractivity contribution in [3.8, 4) is 0 Å². The molecule has 0 aromatic heterocycles. The van der Waals surface area contributed by atoms with Gasteiger partial charge in [-0.05, 0) is 6.37 Å². The highest BCUT2D eigenvalue weighted by Crippen LogP contribution is 1.77. The van der Waals surface area contributed by atoms with Gasteiger partial charge in [-0.3, -0.25) is 0 Å². The van der Waals surface area contributed by atoms with Gasteiger partial charge in [0.2, 0.25) is 0 Å². The van der Waals surface area contributed by atoms with E-state index in [-0.39, 0.29) is 0 Å². The van der Waals surface area contributed by atoms with Gasteiger partial charge < -0.3 is 5.21 Å². The lowest BCUT2D eigenvalue weighted by Gasteiger charge is -1.74. The van der Waals surface area contributed by atoms with Crippen molar-refractivity contribution in [2.75, 3.05) is 0 Å². The third kappa shape index (κ3) is 3.47. The zero-order valence-corrected chi connectivity index (χ0v) is 3.64. The fourth-order valence-corrected chi connectivity index (χ4v) is 0.129. The first-order valence-corrected chi connectivity index (χ1v) is 1.79. The second-order valence-corrected chi connectivity index (χ2v) is 0.792. The number of rotatable bonds is 3. The molecule has 0 aliphatic heterocycles. The molecular weight excluding hydrogens is 78.0 g/mol. The van der Waals surface area contributed by atoms with Gasteiger partial charge in [0.15, 0.2) is 0 Å². The van der Waals surface area contributed by atoms with E-state index in [1.807, 2.05) is 0 Å². The van der Waals surface area contributed by atoms with Gasteiger partial charge in [-0.25, -0.2) is 0 Å². The van der Waals surface area contributed by atoms with Crippen molar-refractivity contribution >= 4 is 6.21 Å². The smallest absolute Gasteiger partial charge is 0.330 e. The van der Waals surface area contributed by atoms with Crippen LogP contribution in [0.5, 0.6) is 0 Å². The summed E-state index contributed by atoms with van der Waals surface area (Å²) in [4.78, 5) is 0. The molecule has 0 aliphatic rings. The molecule has 0 aromatic rings. The van der Waals surface area contributed by atoms with E-state index in [4.69, 9.17) is 4.17 Å². The minimum atomic E-state index is -1.44. The second kappa shape index (κ2) is 4.47. The van der Waals surface area contributed by atoms with Crippen LogP contribution in [-0.4, -0.2) is 11.4 Å². The third-order valence-corrected chi connectivity index (χ3v) is 0.348. The lowest BCUT2D eigenvalue weighted by molar-refractivity contribution is 0.320. The first kappa shape index (κ1) is 1.96. The molecule has 0 spiro atoms. The van der Waals surface area contributed by atoms with E-state index >= 15 is 0 Å². The molecule has 0 aromatic carbocycles. The molecule has 0 heterocycles. The van der Waals surface area contributed by atoms with Crippen LogP contribution in [0.15, 0.2) is 5.16 Å². The van der Waals surface area contributed by atoms with Crippen LogP contribution in [0.3, 0.4) is 0 Å². The Kier molecular flexibility index (Phi) is 1.46. The van der Waals surface area contributed by atoms with Crippen LogP contribution in [-0.2, 0) is 0 Å². The van der Waals surface area contributed by atoms with E-state index in [0.717, 1.165) is 6.21 Å². The number of hydrogen-bond donors (Lipinski definition) is 1. The molecule has 0 atom stereocenters. The largest absolute Gasteiger partial charge is 0.411 e. The molecule has 36 valence electrons. The average Bonchev–Trinajstić information content (AvgIpc) is 1.84. The van der Waals surface area contributed by atoms with Crippen molar-refractivity contribution in [2.24, 2.45) is 5.16 Å². The lowest BCUT2D eigenvalue weighted by atomic mass is 10.4. The summed E-state index contributed by atoms with van der Waals surface area (Å²) >= 11 is 0. The first-order chi connectivity index (χ1) is 4.12. The molecule has 0 amide bonds. The van der Waals surface area contributed by atoms with Crippen molar-refractivity contribution in [1.29, 1.82) is 0 Å². The Morgan fingerprint density at radius 1 is 2.33 bits per heavy atom. The zero-order valence-electron chi connectivity index (χ0n) is 6.64. The summed E-state index contributed by atoms with van der Waals surface area (Å²) in [6.45, 7) is 1.69. The van der Waals surface area contributed by atoms with Gasteiger partial charge in [-0.15, -0.1) is 5.16 Å². The molecule has 2 heteroatoms.